The normalized spacial score (nSPS) is 19.3. The monoisotopic (exact) mass is 508 g/mol. The average molecular weight is 509 g/mol. The van der Waals surface area contributed by atoms with Crippen molar-refractivity contribution in [1.82, 2.24) is 14.8 Å². The predicted octanol–water partition coefficient (Wildman–Crippen LogP) is 2.68. The summed E-state index contributed by atoms with van der Waals surface area (Å²) in [6.45, 7) is 0.00759. The minimum absolute atomic E-state index is 0.0292. The number of piperazine rings is 1. The van der Waals surface area contributed by atoms with Gasteiger partial charge in [-0.1, -0.05) is 0 Å². The van der Waals surface area contributed by atoms with Gasteiger partial charge in [0.05, 0.1) is 19.8 Å². The maximum Gasteiger partial charge on any atom is 0.387 e. The molecule has 2 aromatic rings. The predicted molar refractivity (Wildman–Crippen MR) is 124 cm³/mol. The molecule has 1 aromatic heterocycles. The molecule has 4 rings (SSSR count). The van der Waals surface area contributed by atoms with Crippen molar-refractivity contribution in [3.8, 4) is 23.0 Å². The van der Waals surface area contributed by atoms with Crippen molar-refractivity contribution in [2.45, 2.75) is 38.5 Å². The number of alkyl halides is 2. The van der Waals surface area contributed by atoms with Crippen LogP contribution in [0.3, 0.4) is 0 Å². The molecule has 2 heterocycles. The second-order valence-electron chi connectivity index (χ2n) is 9.09. The Balaban J connectivity index is 1.62. The van der Waals surface area contributed by atoms with Gasteiger partial charge in [-0.2, -0.15) is 8.78 Å². The van der Waals surface area contributed by atoms with Crippen LogP contribution in [-0.4, -0.2) is 79.7 Å². The standard InChI is InChI=1S/C24H30F2N4O6/c1-13(27)20-19(22(31)30-9-8-29(2)16(11-30)23(32)33-3)28-21(36-20)15-6-7-17(35-24(25)26)18(10-15)34-12-14-4-5-14/h6-7,10,13-14,16,24H,4-5,8-9,11-12,27H2,1-3H3/t13-,16?/m0/s1. The van der Waals surface area contributed by atoms with Gasteiger partial charge in [-0.05, 0) is 50.9 Å². The van der Waals surface area contributed by atoms with Crippen LogP contribution >= 0.6 is 0 Å². The van der Waals surface area contributed by atoms with Crippen LogP contribution in [0.25, 0.3) is 11.5 Å². The molecule has 1 aromatic carbocycles. The Morgan fingerprint density at radius 3 is 2.64 bits per heavy atom. The Morgan fingerprint density at radius 1 is 1.25 bits per heavy atom. The number of nitrogens with zero attached hydrogens (tertiary/aromatic N) is 3. The van der Waals surface area contributed by atoms with Gasteiger partial charge in [0, 0.05) is 25.2 Å². The average Bonchev–Trinajstić information content (AvgIpc) is 3.57. The van der Waals surface area contributed by atoms with Gasteiger partial charge in [-0.3, -0.25) is 14.5 Å². The van der Waals surface area contributed by atoms with Crippen molar-refractivity contribution >= 4 is 11.9 Å². The van der Waals surface area contributed by atoms with Gasteiger partial charge in [-0.25, -0.2) is 4.98 Å². The lowest BCUT2D eigenvalue weighted by Crippen LogP contribution is -2.56. The van der Waals surface area contributed by atoms with Crippen LogP contribution in [0.15, 0.2) is 22.6 Å². The van der Waals surface area contributed by atoms with E-state index in [-0.39, 0.29) is 35.4 Å². The largest absolute Gasteiger partial charge is 0.489 e. The first-order valence-corrected chi connectivity index (χ1v) is 11.7. The van der Waals surface area contributed by atoms with Gasteiger partial charge < -0.3 is 29.3 Å². The fourth-order valence-corrected chi connectivity index (χ4v) is 3.96. The third kappa shape index (κ3) is 5.76. The molecule has 1 saturated heterocycles. The van der Waals surface area contributed by atoms with Gasteiger partial charge in [-0.15, -0.1) is 0 Å². The maximum atomic E-state index is 13.4. The summed E-state index contributed by atoms with van der Waals surface area (Å²) in [6.07, 6.45) is 2.05. The summed E-state index contributed by atoms with van der Waals surface area (Å²) in [7, 11) is 3.09. The van der Waals surface area contributed by atoms with Crippen molar-refractivity contribution in [2.24, 2.45) is 11.7 Å². The second kappa shape index (κ2) is 10.8. The molecule has 0 spiro atoms. The number of hydrogen-bond donors (Lipinski definition) is 1. The molecular weight excluding hydrogens is 478 g/mol. The lowest BCUT2D eigenvalue weighted by Gasteiger charge is -2.37. The van der Waals surface area contributed by atoms with Crippen molar-refractivity contribution in [1.29, 1.82) is 0 Å². The Hall–Kier alpha value is -3.25. The number of rotatable bonds is 9. The summed E-state index contributed by atoms with van der Waals surface area (Å²) in [5.74, 6) is -0.179. The number of ether oxygens (including phenoxy) is 3. The topological polar surface area (TPSA) is 120 Å². The van der Waals surface area contributed by atoms with Crippen LogP contribution in [0.5, 0.6) is 11.5 Å². The van der Waals surface area contributed by atoms with Gasteiger partial charge in [0.1, 0.15) is 6.04 Å². The van der Waals surface area contributed by atoms with Crippen molar-refractivity contribution in [3.63, 3.8) is 0 Å². The number of hydrogen-bond acceptors (Lipinski definition) is 9. The summed E-state index contributed by atoms with van der Waals surface area (Å²) in [5.41, 5.74) is 6.51. The van der Waals surface area contributed by atoms with E-state index in [1.165, 1.54) is 30.2 Å². The van der Waals surface area contributed by atoms with Gasteiger partial charge in [0.2, 0.25) is 5.89 Å². The molecule has 2 atom stereocenters. The summed E-state index contributed by atoms with van der Waals surface area (Å²) in [6, 6.07) is 3.08. The number of amides is 1. The van der Waals surface area contributed by atoms with E-state index in [2.05, 4.69) is 9.72 Å². The van der Waals surface area contributed by atoms with E-state index in [1.807, 2.05) is 4.90 Å². The van der Waals surface area contributed by atoms with Gasteiger partial charge in [0.25, 0.3) is 5.91 Å². The van der Waals surface area contributed by atoms with E-state index in [0.29, 0.717) is 31.2 Å². The minimum atomic E-state index is -3.01. The number of likely N-dealkylation sites (N-methyl/N-ethyl adjacent to an activating group) is 1. The number of carbonyl (C=O) groups is 2. The van der Waals surface area contributed by atoms with Crippen molar-refractivity contribution in [2.75, 3.05) is 40.4 Å². The molecule has 12 heteroatoms. The number of methoxy groups -OCH3 is 1. The van der Waals surface area contributed by atoms with Crippen LogP contribution in [0.1, 0.15) is 42.1 Å². The van der Waals surface area contributed by atoms with Gasteiger partial charge >= 0.3 is 12.6 Å². The molecule has 1 saturated carbocycles. The van der Waals surface area contributed by atoms with Crippen molar-refractivity contribution < 1.29 is 37.0 Å². The van der Waals surface area contributed by atoms with Crippen LogP contribution in [0.2, 0.25) is 0 Å². The fourth-order valence-electron chi connectivity index (χ4n) is 3.96. The highest BCUT2D eigenvalue weighted by Gasteiger charge is 2.36. The molecule has 10 nitrogen and oxygen atoms in total. The van der Waals surface area contributed by atoms with Gasteiger partial charge in [0.15, 0.2) is 23.0 Å². The number of halogens is 2. The SMILES string of the molecule is COC(=O)C1CN(C(=O)c2nc(-c3ccc(OC(F)F)c(OCC4CC4)c3)oc2[C@H](C)N)CCN1C. The van der Waals surface area contributed by atoms with E-state index in [0.717, 1.165) is 12.8 Å². The molecule has 1 unspecified atom stereocenters. The number of oxazole rings is 1. The molecule has 2 fully saturated rings. The lowest BCUT2D eigenvalue weighted by molar-refractivity contribution is -0.148. The molecule has 0 radical (unpaired) electrons. The Morgan fingerprint density at radius 2 is 2.00 bits per heavy atom. The third-order valence-electron chi connectivity index (χ3n) is 6.26. The summed E-state index contributed by atoms with van der Waals surface area (Å²) >= 11 is 0. The number of nitrogens with two attached hydrogens (primary N) is 1. The Kier molecular flexibility index (Phi) is 7.74. The number of aromatic nitrogens is 1. The lowest BCUT2D eigenvalue weighted by atomic mass is 10.1. The zero-order valence-corrected chi connectivity index (χ0v) is 20.4. The van der Waals surface area contributed by atoms with Crippen LogP contribution in [0.4, 0.5) is 8.78 Å². The first-order valence-electron chi connectivity index (χ1n) is 11.7. The smallest absolute Gasteiger partial charge is 0.387 e. The van der Waals surface area contributed by atoms with E-state index in [1.54, 1.807) is 14.0 Å². The molecule has 1 amide bonds. The Labute approximate surface area is 207 Å². The summed E-state index contributed by atoms with van der Waals surface area (Å²) < 4.78 is 46.8. The molecule has 1 aliphatic heterocycles. The minimum Gasteiger partial charge on any atom is -0.489 e. The van der Waals surface area contributed by atoms with E-state index >= 15 is 0 Å². The van der Waals surface area contributed by atoms with E-state index < -0.39 is 30.6 Å². The molecule has 1 aliphatic carbocycles. The maximum absolute atomic E-state index is 13.4. The second-order valence-corrected chi connectivity index (χ2v) is 9.09. The fraction of sp³-hybridized carbons (Fsp3) is 0.542. The highest BCUT2D eigenvalue weighted by atomic mass is 19.3. The quantitative estimate of drug-likeness (QED) is 0.510. The van der Waals surface area contributed by atoms with Crippen molar-refractivity contribution in [3.05, 3.63) is 29.7 Å². The molecule has 196 valence electrons. The molecule has 0 bridgehead atoms. The zero-order valence-electron chi connectivity index (χ0n) is 20.4. The first kappa shape index (κ1) is 25.8. The summed E-state index contributed by atoms with van der Waals surface area (Å²) in [5, 5.41) is 0. The molecule has 2 N–H and O–H groups in total. The molecule has 2 aliphatic rings. The van der Waals surface area contributed by atoms with Crippen LogP contribution < -0.4 is 15.2 Å². The number of benzene rings is 1. The van der Waals surface area contributed by atoms with E-state index in [9.17, 15) is 18.4 Å². The van der Waals surface area contributed by atoms with Crippen LogP contribution in [-0.2, 0) is 9.53 Å². The summed E-state index contributed by atoms with van der Waals surface area (Å²) in [4.78, 5) is 33.3. The molecular formula is C24H30F2N4O6. The van der Waals surface area contributed by atoms with E-state index in [4.69, 9.17) is 19.6 Å². The first-order chi connectivity index (χ1) is 17.2. The zero-order chi connectivity index (χ0) is 26.0. The highest BCUT2D eigenvalue weighted by Crippen LogP contribution is 2.37. The van der Waals surface area contributed by atoms with Crippen LogP contribution in [0, 0.1) is 5.92 Å². The number of carbonyl (C=O) groups excluding carboxylic acids is 2. The Bertz CT molecular complexity index is 1100. The molecule has 36 heavy (non-hydrogen) atoms. The number of esters is 1. The highest BCUT2D eigenvalue weighted by molar-refractivity contribution is 5.94. The third-order valence-corrected chi connectivity index (χ3v) is 6.26.